The molecule has 0 saturated carbocycles. The summed E-state index contributed by atoms with van der Waals surface area (Å²) >= 11 is 13.5. The maximum absolute atomic E-state index is 13.7. The van der Waals surface area contributed by atoms with Gasteiger partial charge in [-0.25, -0.2) is 9.38 Å². The predicted octanol–water partition coefficient (Wildman–Crippen LogP) is 6.28. The second kappa shape index (κ2) is 7.83. The summed E-state index contributed by atoms with van der Waals surface area (Å²) in [5, 5.41) is 3.84. The Morgan fingerprint density at radius 3 is 2.54 bits per heavy atom. The van der Waals surface area contributed by atoms with Crippen molar-refractivity contribution >= 4 is 57.8 Å². The van der Waals surface area contributed by atoms with Gasteiger partial charge in [0.1, 0.15) is 23.0 Å². The van der Waals surface area contributed by atoms with Crippen LogP contribution in [0.2, 0.25) is 10.0 Å². The molecule has 0 atom stereocenters. The van der Waals surface area contributed by atoms with Gasteiger partial charge in [-0.05, 0) is 48.2 Å². The number of carbonyl (C=O) groups excluding carboxylic acids is 1. The molecule has 0 aliphatic carbocycles. The average molecular weight is 433 g/mol. The summed E-state index contributed by atoms with van der Waals surface area (Å²) in [6, 6.07) is 14.7. The molecule has 8 heteroatoms. The first-order chi connectivity index (χ1) is 13.5. The molecule has 140 valence electrons. The zero-order valence-electron chi connectivity index (χ0n) is 14.1. The minimum Gasteiger partial charge on any atom is -0.457 e. The molecule has 1 amide bonds. The van der Waals surface area contributed by atoms with Crippen LogP contribution >= 0.6 is 35.0 Å². The molecule has 0 radical (unpaired) electrons. The summed E-state index contributed by atoms with van der Waals surface area (Å²) in [6.45, 7) is 0. The number of hydrogen-bond acceptors (Lipinski definition) is 4. The molecule has 1 aromatic heterocycles. The van der Waals surface area contributed by atoms with E-state index in [1.807, 2.05) is 0 Å². The van der Waals surface area contributed by atoms with Crippen LogP contribution in [0.1, 0.15) is 5.76 Å². The van der Waals surface area contributed by atoms with Crippen molar-refractivity contribution in [2.24, 2.45) is 4.99 Å². The van der Waals surface area contributed by atoms with Crippen LogP contribution in [0.15, 0.2) is 68.9 Å². The number of para-hydroxylation sites is 1. The van der Waals surface area contributed by atoms with Crippen molar-refractivity contribution in [2.75, 3.05) is 0 Å². The lowest BCUT2D eigenvalue weighted by Crippen LogP contribution is -2.19. The van der Waals surface area contributed by atoms with Crippen LogP contribution in [0.4, 0.5) is 10.1 Å². The van der Waals surface area contributed by atoms with Gasteiger partial charge in [0.05, 0.1) is 20.5 Å². The number of rotatable bonds is 3. The SMILES string of the molecule is O=C1NC(=Nc2ccccc2F)SC1=Cc1ccc(-c2c(Cl)cccc2Cl)o1. The highest BCUT2D eigenvalue weighted by Crippen LogP contribution is 2.36. The summed E-state index contributed by atoms with van der Waals surface area (Å²) in [6.07, 6.45) is 1.58. The second-order valence-electron chi connectivity index (χ2n) is 5.73. The lowest BCUT2D eigenvalue weighted by atomic mass is 10.2. The first kappa shape index (κ1) is 18.8. The molecule has 1 saturated heterocycles. The fraction of sp³-hybridized carbons (Fsp3) is 0. The number of nitrogens with zero attached hydrogens (tertiary/aromatic N) is 1. The van der Waals surface area contributed by atoms with Crippen LogP contribution < -0.4 is 5.32 Å². The normalized spacial score (nSPS) is 16.8. The third-order valence-corrected chi connectivity index (χ3v) is 5.37. The summed E-state index contributed by atoms with van der Waals surface area (Å²) in [4.78, 5) is 16.7. The second-order valence-corrected chi connectivity index (χ2v) is 7.58. The number of benzene rings is 2. The standard InChI is InChI=1S/C20H11Cl2FN2O2S/c21-12-4-3-5-13(22)18(12)16-9-8-11(27-16)10-17-19(26)25-20(28-17)24-15-7-2-1-6-14(15)23/h1-10H,(H,24,25,26). The number of furan rings is 1. The topological polar surface area (TPSA) is 54.6 Å². The summed E-state index contributed by atoms with van der Waals surface area (Å²) in [5.41, 5.74) is 0.737. The van der Waals surface area contributed by atoms with Crippen molar-refractivity contribution in [2.45, 2.75) is 0 Å². The van der Waals surface area contributed by atoms with E-state index in [1.54, 1.807) is 48.5 Å². The molecule has 4 rings (SSSR count). The number of carbonyl (C=O) groups is 1. The van der Waals surface area contributed by atoms with Gasteiger partial charge in [-0.15, -0.1) is 0 Å². The van der Waals surface area contributed by atoms with Crippen molar-refractivity contribution in [3.8, 4) is 11.3 Å². The van der Waals surface area contributed by atoms with E-state index in [0.717, 1.165) is 11.8 Å². The highest BCUT2D eigenvalue weighted by atomic mass is 35.5. The molecular formula is C20H11Cl2FN2O2S. The lowest BCUT2D eigenvalue weighted by molar-refractivity contribution is -0.115. The highest BCUT2D eigenvalue weighted by molar-refractivity contribution is 8.18. The molecule has 4 nitrogen and oxygen atoms in total. The zero-order valence-corrected chi connectivity index (χ0v) is 16.4. The van der Waals surface area contributed by atoms with Crippen LogP contribution in [0.25, 0.3) is 17.4 Å². The number of nitrogens with one attached hydrogen (secondary N) is 1. The van der Waals surface area contributed by atoms with Gasteiger partial charge in [-0.2, -0.15) is 0 Å². The molecule has 2 aromatic carbocycles. The number of thioether (sulfide) groups is 1. The minimum absolute atomic E-state index is 0.153. The van der Waals surface area contributed by atoms with Crippen molar-refractivity contribution < 1.29 is 13.6 Å². The van der Waals surface area contributed by atoms with Crippen molar-refractivity contribution in [1.82, 2.24) is 5.32 Å². The first-order valence-electron chi connectivity index (χ1n) is 8.09. The summed E-state index contributed by atoms with van der Waals surface area (Å²) in [7, 11) is 0. The number of aliphatic imine (C=N–C) groups is 1. The molecule has 1 N–H and O–H groups in total. The van der Waals surface area contributed by atoms with E-state index in [9.17, 15) is 9.18 Å². The van der Waals surface area contributed by atoms with Gasteiger partial charge >= 0.3 is 0 Å². The molecule has 2 heterocycles. The molecule has 3 aromatic rings. The lowest BCUT2D eigenvalue weighted by Gasteiger charge is -2.02. The van der Waals surface area contributed by atoms with Gasteiger partial charge in [0.25, 0.3) is 5.91 Å². The van der Waals surface area contributed by atoms with E-state index in [1.165, 1.54) is 12.1 Å². The van der Waals surface area contributed by atoms with Crippen LogP contribution in [0.3, 0.4) is 0 Å². The molecule has 1 aliphatic rings. The Balaban J connectivity index is 1.60. The highest BCUT2D eigenvalue weighted by Gasteiger charge is 2.25. The maximum Gasteiger partial charge on any atom is 0.264 e. The summed E-state index contributed by atoms with van der Waals surface area (Å²) < 4.78 is 19.5. The maximum atomic E-state index is 13.7. The van der Waals surface area contributed by atoms with Gasteiger partial charge in [-0.3, -0.25) is 4.79 Å². The average Bonchev–Trinajstić information content (AvgIpc) is 3.24. The van der Waals surface area contributed by atoms with E-state index < -0.39 is 5.82 Å². The van der Waals surface area contributed by atoms with E-state index in [-0.39, 0.29) is 11.6 Å². The molecule has 28 heavy (non-hydrogen) atoms. The van der Waals surface area contributed by atoms with E-state index in [2.05, 4.69) is 10.3 Å². The van der Waals surface area contributed by atoms with Crippen LogP contribution in [-0.2, 0) is 4.79 Å². The Labute approximate surface area is 174 Å². The molecule has 1 fully saturated rings. The number of amides is 1. The fourth-order valence-electron chi connectivity index (χ4n) is 2.56. The smallest absolute Gasteiger partial charge is 0.264 e. The van der Waals surface area contributed by atoms with Crippen LogP contribution in [0, 0.1) is 5.82 Å². The Morgan fingerprint density at radius 1 is 1.04 bits per heavy atom. The van der Waals surface area contributed by atoms with Gasteiger partial charge in [0.15, 0.2) is 5.17 Å². The third-order valence-electron chi connectivity index (χ3n) is 3.83. The molecular weight excluding hydrogens is 422 g/mol. The first-order valence-corrected chi connectivity index (χ1v) is 9.67. The number of amidine groups is 1. The van der Waals surface area contributed by atoms with Crippen molar-refractivity contribution in [3.05, 3.63) is 81.1 Å². The van der Waals surface area contributed by atoms with Crippen molar-refractivity contribution in [3.63, 3.8) is 0 Å². The quantitative estimate of drug-likeness (QED) is 0.495. The largest absolute Gasteiger partial charge is 0.457 e. The third kappa shape index (κ3) is 3.85. The Hall–Kier alpha value is -2.54. The van der Waals surface area contributed by atoms with Gasteiger partial charge in [-0.1, -0.05) is 41.4 Å². The number of hydrogen-bond donors (Lipinski definition) is 1. The Bertz CT molecular complexity index is 1120. The monoisotopic (exact) mass is 432 g/mol. The Morgan fingerprint density at radius 2 is 1.79 bits per heavy atom. The fourth-order valence-corrected chi connectivity index (χ4v) is 3.96. The van der Waals surface area contributed by atoms with Crippen molar-refractivity contribution in [1.29, 1.82) is 0 Å². The predicted molar refractivity (Wildman–Crippen MR) is 111 cm³/mol. The molecule has 0 spiro atoms. The van der Waals surface area contributed by atoms with Gasteiger partial charge in [0.2, 0.25) is 0 Å². The van der Waals surface area contributed by atoms with Gasteiger partial charge in [0, 0.05) is 6.08 Å². The van der Waals surface area contributed by atoms with Crippen LogP contribution in [0.5, 0.6) is 0 Å². The molecule has 0 bridgehead atoms. The molecule has 0 unspecified atom stereocenters. The summed E-state index contributed by atoms with van der Waals surface area (Å²) in [5.74, 6) is 0.144. The Kier molecular flexibility index (Phi) is 5.26. The van der Waals surface area contributed by atoms with Crippen LogP contribution in [-0.4, -0.2) is 11.1 Å². The van der Waals surface area contributed by atoms with E-state index >= 15 is 0 Å². The zero-order chi connectivity index (χ0) is 19.7. The number of halogens is 3. The van der Waals surface area contributed by atoms with Gasteiger partial charge < -0.3 is 9.73 Å². The minimum atomic E-state index is -0.463. The van der Waals surface area contributed by atoms with E-state index in [4.69, 9.17) is 27.6 Å². The molecule has 1 aliphatic heterocycles. The van der Waals surface area contributed by atoms with E-state index in [0.29, 0.717) is 37.2 Å².